The maximum absolute atomic E-state index is 5.71. The topological polar surface area (TPSA) is 59.6 Å². The second kappa shape index (κ2) is 7.37. The Bertz CT molecular complexity index is 401. The Morgan fingerprint density at radius 2 is 2.11 bits per heavy atom. The van der Waals surface area contributed by atoms with Gasteiger partial charge in [-0.05, 0) is 26.0 Å². The van der Waals surface area contributed by atoms with Gasteiger partial charge in [0.1, 0.15) is 11.9 Å². The van der Waals surface area contributed by atoms with Crippen molar-refractivity contribution in [3.63, 3.8) is 0 Å². The van der Waals surface area contributed by atoms with E-state index in [1.54, 1.807) is 0 Å². The Morgan fingerprint density at radius 3 is 2.72 bits per heavy atom. The van der Waals surface area contributed by atoms with Crippen LogP contribution in [0, 0.1) is 0 Å². The molecule has 3 N–H and O–H groups in total. The first kappa shape index (κ1) is 14.1. The molecule has 1 aromatic carbocycles. The predicted octanol–water partition coefficient (Wildman–Crippen LogP) is 1.93. The van der Waals surface area contributed by atoms with Gasteiger partial charge in [-0.15, -0.1) is 0 Å². The van der Waals surface area contributed by atoms with Gasteiger partial charge in [0.05, 0.1) is 6.54 Å². The van der Waals surface area contributed by atoms with Crippen molar-refractivity contribution in [1.82, 2.24) is 5.32 Å². The van der Waals surface area contributed by atoms with Gasteiger partial charge in [0.2, 0.25) is 0 Å². The van der Waals surface area contributed by atoms with E-state index in [0.29, 0.717) is 19.0 Å². The van der Waals surface area contributed by atoms with Crippen LogP contribution in [0.1, 0.15) is 13.8 Å². The minimum absolute atomic E-state index is 0.0161. The molecule has 4 heteroatoms. The maximum Gasteiger partial charge on any atom is 0.188 e. The molecule has 0 aliphatic carbocycles. The molecule has 0 radical (unpaired) electrons. The Hall–Kier alpha value is -1.97. The number of rotatable bonds is 6. The first-order valence-electron chi connectivity index (χ1n) is 5.98. The summed E-state index contributed by atoms with van der Waals surface area (Å²) in [5.41, 5.74) is 6.72. The summed E-state index contributed by atoms with van der Waals surface area (Å²) in [5.74, 6) is 1.26. The normalized spacial score (nSPS) is 12.9. The highest BCUT2D eigenvalue weighted by atomic mass is 16.5. The molecule has 0 aromatic heterocycles. The van der Waals surface area contributed by atoms with E-state index in [4.69, 9.17) is 10.5 Å². The lowest BCUT2D eigenvalue weighted by Gasteiger charge is -2.13. The van der Waals surface area contributed by atoms with E-state index in [9.17, 15) is 0 Å². The standard InChI is InChI=1S/C14H21N3O/c1-11(2)9-16-14(15)17-10-12(3)18-13-7-5-4-6-8-13/h4-8,12H,1,9-10H2,2-3H3,(H3,15,16,17). The average Bonchev–Trinajstić information content (AvgIpc) is 2.35. The van der Waals surface area contributed by atoms with E-state index in [2.05, 4.69) is 16.9 Å². The lowest BCUT2D eigenvalue weighted by atomic mass is 10.3. The predicted molar refractivity (Wildman–Crippen MR) is 75.8 cm³/mol. The van der Waals surface area contributed by atoms with Gasteiger partial charge >= 0.3 is 0 Å². The molecule has 0 saturated carbocycles. The van der Waals surface area contributed by atoms with Crippen molar-refractivity contribution in [2.45, 2.75) is 20.0 Å². The third-order valence-corrected chi connectivity index (χ3v) is 2.17. The summed E-state index contributed by atoms with van der Waals surface area (Å²) in [6.45, 7) is 8.83. The van der Waals surface area contributed by atoms with Crippen LogP contribution in [-0.4, -0.2) is 25.2 Å². The second-order valence-electron chi connectivity index (χ2n) is 4.28. The van der Waals surface area contributed by atoms with Crippen molar-refractivity contribution >= 4 is 5.96 Å². The van der Waals surface area contributed by atoms with Crippen molar-refractivity contribution in [2.24, 2.45) is 10.7 Å². The first-order chi connectivity index (χ1) is 8.58. The fourth-order valence-corrected chi connectivity index (χ4v) is 1.29. The molecule has 4 nitrogen and oxygen atoms in total. The third-order valence-electron chi connectivity index (χ3n) is 2.17. The lowest BCUT2D eigenvalue weighted by molar-refractivity contribution is 0.230. The number of nitrogens with one attached hydrogen (secondary N) is 1. The maximum atomic E-state index is 5.71. The van der Waals surface area contributed by atoms with Crippen LogP contribution in [0.15, 0.2) is 47.5 Å². The van der Waals surface area contributed by atoms with Gasteiger partial charge in [-0.2, -0.15) is 0 Å². The molecule has 0 bridgehead atoms. The van der Waals surface area contributed by atoms with Crippen molar-refractivity contribution in [3.8, 4) is 5.75 Å². The monoisotopic (exact) mass is 247 g/mol. The smallest absolute Gasteiger partial charge is 0.188 e. The molecule has 1 unspecified atom stereocenters. The summed E-state index contributed by atoms with van der Waals surface area (Å²) in [7, 11) is 0. The molecular weight excluding hydrogens is 226 g/mol. The Labute approximate surface area is 109 Å². The highest BCUT2D eigenvalue weighted by Gasteiger charge is 2.02. The summed E-state index contributed by atoms with van der Waals surface area (Å²) in [5, 5.41) is 2.97. The highest BCUT2D eigenvalue weighted by Crippen LogP contribution is 2.10. The fraction of sp³-hybridized carbons (Fsp3) is 0.357. The zero-order valence-corrected chi connectivity index (χ0v) is 11.0. The number of benzene rings is 1. The zero-order valence-electron chi connectivity index (χ0n) is 11.0. The molecule has 0 spiro atoms. The number of nitrogens with two attached hydrogens (primary N) is 1. The van der Waals surface area contributed by atoms with Crippen molar-refractivity contribution < 1.29 is 4.74 Å². The lowest BCUT2D eigenvalue weighted by Crippen LogP contribution is -2.33. The van der Waals surface area contributed by atoms with Gasteiger partial charge < -0.3 is 15.8 Å². The number of para-hydroxylation sites is 1. The van der Waals surface area contributed by atoms with Crippen molar-refractivity contribution in [2.75, 3.05) is 13.1 Å². The van der Waals surface area contributed by atoms with E-state index in [0.717, 1.165) is 11.3 Å². The summed E-state index contributed by atoms with van der Waals surface area (Å²) >= 11 is 0. The molecule has 0 aliphatic rings. The van der Waals surface area contributed by atoms with E-state index in [1.165, 1.54) is 0 Å². The molecule has 0 saturated heterocycles. The van der Waals surface area contributed by atoms with E-state index < -0.39 is 0 Å². The van der Waals surface area contributed by atoms with Crippen molar-refractivity contribution in [1.29, 1.82) is 0 Å². The second-order valence-corrected chi connectivity index (χ2v) is 4.28. The molecule has 18 heavy (non-hydrogen) atoms. The largest absolute Gasteiger partial charge is 0.489 e. The SMILES string of the molecule is C=C(C)CNC(N)=NCC(C)Oc1ccccc1. The van der Waals surface area contributed by atoms with Crippen LogP contribution in [0.4, 0.5) is 0 Å². The Balaban J connectivity index is 2.34. The van der Waals surface area contributed by atoms with Crippen LogP contribution in [0.3, 0.4) is 0 Å². The average molecular weight is 247 g/mol. The quantitative estimate of drug-likeness (QED) is 0.459. The third kappa shape index (κ3) is 5.94. The Kier molecular flexibility index (Phi) is 5.77. The molecular formula is C14H21N3O. The van der Waals surface area contributed by atoms with Gasteiger partial charge in [-0.1, -0.05) is 30.4 Å². The van der Waals surface area contributed by atoms with Crippen LogP contribution >= 0.6 is 0 Å². The van der Waals surface area contributed by atoms with Gasteiger partial charge in [-0.25, -0.2) is 4.99 Å². The van der Waals surface area contributed by atoms with E-state index >= 15 is 0 Å². The van der Waals surface area contributed by atoms with Gasteiger partial charge in [0.15, 0.2) is 5.96 Å². The molecule has 0 aliphatic heterocycles. The van der Waals surface area contributed by atoms with Gasteiger partial charge in [0.25, 0.3) is 0 Å². The van der Waals surface area contributed by atoms with E-state index in [1.807, 2.05) is 44.2 Å². The number of hydrogen-bond acceptors (Lipinski definition) is 2. The van der Waals surface area contributed by atoms with Crippen LogP contribution in [0.25, 0.3) is 0 Å². The van der Waals surface area contributed by atoms with Crippen LogP contribution in [-0.2, 0) is 0 Å². The molecule has 0 amide bonds. The summed E-state index contributed by atoms with van der Waals surface area (Å²) < 4.78 is 5.68. The molecule has 0 heterocycles. The fourth-order valence-electron chi connectivity index (χ4n) is 1.29. The van der Waals surface area contributed by atoms with Crippen LogP contribution < -0.4 is 15.8 Å². The van der Waals surface area contributed by atoms with Gasteiger partial charge in [0, 0.05) is 6.54 Å². The number of hydrogen-bond donors (Lipinski definition) is 2. The number of guanidine groups is 1. The number of nitrogens with zero attached hydrogens (tertiary/aromatic N) is 1. The molecule has 98 valence electrons. The van der Waals surface area contributed by atoms with Gasteiger partial charge in [-0.3, -0.25) is 0 Å². The van der Waals surface area contributed by atoms with Crippen molar-refractivity contribution in [3.05, 3.63) is 42.5 Å². The molecule has 1 atom stereocenters. The molecule has 0 fully saturated rings. The van der Waals surface area contributed by atoms with Crippen LogP contribution in [0.5, 0.6) is 5.75 Å². The van der Waals surface area contributed by atoms with Crippen LogP contribution in [0.2, 0.25) is 0 Å². The minimum Gasteiger partial charge on any atom is -0.489 e. The number of aliphatic imine (C=N–C) groups is 1. The minimum atomic E-state index is -0.0161. The first-order valence-corrected chi connectivity index (χ1v) is 5.98. The zero-order chi connectivity index (χ0) is 13.4. The summed E-state index contributed by atoms with van der Waals surface area (Å²) in [6, 6.07) is 9.67. The number of ether oxygens (including phenoxy) is 1. The molecule has 1 aromatic rings. The highest BCUT2D eigenvalue weighted by molar-refractivity contribution is 5.78. The Morgan fingerprint density at radius 1 is 1.44 bits per heavy atom. The van der Waals surface area contributed by atoms with E-state index in [-0.39, 0.29) is 6.10 Å². The summed E-state index contributed by atoms with van der Waals surface area (Å²) in [4.78, 5) is 4.21. The summed E-state index contributed by atoms with van der Waals surface area (Å²) in [6.07, 6.45) is -0.0161. The molecule has 1 rings (SSSR count).